The summed E-state index contributed by atoms with van der Waals surface area (Å²) in [5, 5.41) is 6.55. The molecule has 0 radical (unpaired) electrons. The number of nitrogens with one attached hydrogen (secondary N) is 2. The summed E-state index contributed by atoms with van der Waals surface area (Å²) >= 11 is 3.51. The van der Waals surface area contributed by atoms with Gasteiger partial charge in [-0.1, -0.05) is 12.1 Å². The van der Waals surface area contributed by atoms with Crippen molar-refractivity contribution in [1.29, 1.82) is 0 Å². The largest absolute Gasteiger partial charge is 0.393 e. The highest BCUT2D eigenvalue weighted by atomic mass is 79.9. The fraction of sp³-hybridized carbons (Fsp3) is 0.412. The number of hydrogen-bond acceptors (Lipinski definition) is 7. The third-order valence-corrected chi connectivity index (χ3v) is 4.75. The van der Waals surface area contributed by atoms with E-state index in [9.17, 15) is 0 Å². The molecule has 0 atom stereocenters. The molecule has 0 amide bonds. The molecular weight excluding hydrogens is 384 g/mol. The Kier molecular flexibility index (Phi) is 6.43. The van der Waals surface area contributed by atoms with E-state index in [2.05, 4.69) is 41.4 Å². The van der Waals surface area contributed by atoms with E-state index < -0.39 is 0 Å². The topological polar surface area (TPSA) is 88.3 Å². The first kappa shape index (κ1) is 17.9. The van der Waals surface area contributed by atoms with E-state index in [1.807, 2.05) is 24.3 Å². The Morgan fingerprint density at radius 1 is 1.16 bits per heavy atom. The zero-order valence-corrected chi connectivity index (χ0v) is 15.6. The lowest BCUT2D eigenvalue weighted by Gasteiger charge is -2.26. The van der Waals surface area contributed by atoms with E-state index in [-0.39, 0.29) is 0 Å². The van der Waals surface area contributed by atoms with Gasteiger partial charge in [0.2, 0.25) is 0 Å². The number of aromatic nitrogens is 2. The number of nitrogen functional groups attached to an aromatic ring is 1. The zero-order valence-electron chi connectivity index (χ0n) is 14.0. The van der Waals surface area contributed by atoms with Crippen molar-refractivity contribution in [1.82, 2.24) is 14.9 Å². The summed E-state index contributed by atoms with van der Waals surface area (Å²) in [6, 6.07) is 7.83. The highest BCUT2D eigenvalue weighted by Crippen LogP contribution is 2.29. The van der Waals surface area contributed by atoms with Gasteiger partial charge in [-0.2, -0.15) is 0 Å². The highest BCUT2D eigenvalue weighted by Gasteiger charge is 2.11. The van der Waals surface area contributed by atoms with Gasteiger partial charge in [0.05, 0.1) is 18.9 Å². The lowest BCUT2D eigenvalue weighted by Crippen LogP contribution is -2.37. The van der Waals surface area contributed by atoms with Crippen molar-refractivity contribution in [2.45, 2.75) is 6.42 Å². The van der Waals surface area contributed by atoms with Crippen molar-refractivity contribution < 1.29 is 4.74 Å². The summed E-state index contributed by atoms with van der Waals surface area (Å²) < 4.78 is 6.31. The van der Waals surface area contributed by atoms with Crippen molar-refractivity contribution in [3.8, 4) is 0 Å². The summed E-state index contributed by atoms with van der Waals surface area (Å²) in [6.07, 6.45) is 2.54. The average molecular weight is 407 g/mol. The number of morpholine rings is 1. The lowest BCUT2D eigenvalue weighted by atomic mass is 10.3. The van der Waals surface area contributed by atoms with E-state index >= 15 is 0 Å². The number of rotatable bonds is 7. The van der Waals surface area contributed by atoms with Gasteiger partial charge in [0.25, 0.3) is 0 Å². The number of anilines is 4. The molecule has 0 spiro atoms. The molecule has 8 heteroatoms. The van der Waals surface area contributed by atoms with Crippen LogP contribution in [-0.2, 0) is 4.74 Å². The van der Waals surface area contributed by atoms with Gasteiger partial charge in [0.1, 0.15) is 12.0 Å². The van der Waals surface area contributed by atoms with Gasteiger partial charge in [0, 0.05) is 24.1 Å². The molecule has 1 fully saturated rings. The molecule has 0 unspecified atom stereocenters. The van der Waals surface area contributed by atoms with Crippen LogP contribution in [0, 0.1) is 0 Å². The van der Waals surface area contributed by atoms with E-state index in [0.29, 0.717) is 17.3 Å². The fourth-order valence-corrected chi connectivity index (χ4v) is 3.04. The molecular formula is C17H23BrN6O. The summed E-state index contributed by atoms with van der Waals surface area (Å²) in [4.78, 5) is 10.9. The Bertz CT molecular complexity index is 693. The summed E-state index contributed by atoms with van der Waals surface area (Å²) in [5.74, 6) is 1.25. The highest BCUT2D eigenvalue weighted by molar-refractivity contribution is 9.10. The van der Waals surface area contributed by atoms with Gasteiger partial charge < -0.3 is 21.1 Å². The summed E-state index contributed by atoms with van der Waals surface area (Å²) in [7, 11) is 0. The zero-order chi connectivity index (χ0) is 17.5. The number of nitrogens with two attached hydrogens (primary N) is 1. The Morgan fingerprint density at radius 3 is 2.72 bits per heavy atom. The van der Waals surface area contributed by atoms with Crippen LogP contribution < -0.4 is 16.4 Å². The van der Waals surface area contributed by atoms with Crippen molar-refractivity contribution in [3.63, 3.8) is 0 Å². The third-order valence-electron chi connectivity index (χ3n) is 4.06. The first-order valence-corrected chi connectivity index (χ1v) is 9.19. The van der Waals surface area contributed by atoms with E-state index in [1.165, 1.54) is 6.33 Å². The number of para-hydroxylation sites is 1. The monoisotopic (exact) mass is 406 g/mol. The number of ether oxygens (including phenoxy) is 1. The number of hydrogen-bond donors (Lipinski definition) is 3. The lowest BCUT2D eigenvalue weighted by molar-refractivity contribution is 0.0378. The maximum absolute atomic E-state index is 6.21. The smallest absolute Gasteiger partial charge is 0.159 e. The normalized spacial score (nSPS) is 15.1. The minimum absolute atomic E-state index is 0.518. The maximum Gasteiger partial charge on any atom is 0.159 e. The maximum atomic E-state index is 6.21. The molecule has 1 aromatic heterocycles. The molecule has 2 aromatic rings. The molecule has 1 aromatic carbocycles. The molecule has 0 saturated carbocycles. The van der Waals surface area contributed by atoms with Gasteiger partial charge in [-0.15, -0.1) is 0 Å². The first-order chi connectivity index (χ1) is 12.2. The van der Waals surface area contributed by atoms with Crippen LogP contribution in [0.3, 0.4) is 0 Å². The summed E-state index contributed by atoms with van der Waals surface area (Å²) in [5.41, 5.74) is 7.64. The molecule has 1 aliphatic rings. The van der Waals surface area contributed by atoms with Gasteiger partial charge in [0.15, 0.2) is 11.6 Å². The van der Waals surface area contributed by atoms with Crippen molar-refractivity contribution >= 4 is 38.9 Å². The Balaban J connectivity index is 1.54. The third kappa shape index (κ3) is 5.04. The minimum atomic E-state index is 0.518. The second kappa shape index (κ2) is 8.98. The van der Waals surface area contributed by atoms with Crippen LogP contribution in [0.25, 0.3) is 0 Å². The molecule has 25 heavy (non-hydrogen) atoms. The van der Waals surface area contributed by atoms with Crippen LogP contribution in [0.4, 0.5) is 23.0 Å². The van der Waals surface area contributed by atoms with Crippen LogP contribution in [0.1, 0.15) is 6.42 Å². The second-order valence-corrected chi connectivity index (χ2v) is 6.68. The van der Waals surface area contributed by atoms with Crippen molar-refractivity contribution in [2.24, 2.45) is 0 Å². The van der Waals surface area contributed by atoms with Gasteiger partial charge in [-0.25, -0.2) is 9.97 Å². The quantitative estimate of drug-likeness (QED) is 0.609. The molecule has 4 N–H and O–H groups in total. The molecule has 0 bridgehead atoms. The van der Waals surface area contributed by atoms with Gasteiger partial charge >= 0.3 is 0 Å². The molecule has 7 nitrogen and oxygen atoms in total. The Morgan fingerprint density at radius 2 is 1.92 bits per heavy atom. The van der Waals surface area contributed by atoms with Crippen molar-refractivity contribution in [2.75, 3.05) is 55.8 Å². The fourth-order valence-electron chi connectivity index (χ4n) is 2.66. The van der Waals surface area contributed by atoms with E-state index in [0.717, 1.165) is 56.0 Å². The van der Waals surface area contributed by atoms with E-state index in [4.69, 9.17) is 10.5 Å². The second-order valence-electron chi connectivity index (χ2n) is 5.82. The molecule has 1 aliphatic heterocycles. The average Bonchev–Trinajstić information content (AvgIpc) is 2.64. The molecule has 3 rings (SSSR count). The standard InChI is InChI=1S/C17H23BrN6O/c18-13-4-1-2-5-14(13)23-17-15(19)16(21-12-22-17)20-6-3-7-24-8-10-25-11-9-24/h1-2,4-5,12H,3,6-11,19H2,(H2,20,21,22,23). The molecule has 134 valence electrons. The predicted molar refractivity (Wildman–Crippen MR) is 104 cm³/mol. The first-order valence-electron chi connectivity index (χ1n) is 8.40. The van der Waals surface area contributed by atoms with Gasteiger partial charge in [-0.3, -0.25) is 4.90 Å². The van der Waals surface area contributed by atoms with Gasteiger partial charge in [-0.05, 0) is 41.0 Å². The molecule has 2 heterocycles. The summed E-state index contributed by atoms with van der Waals surface area (Å²) in [6.45, 7) is 5.54. The Labute approximate surface area is 156 Å². The minimum Gasteiger partial charge on any atom is -0.393 e. The number of nitrogens with zero attached hydrogens (tertiary/aromatic N) is 3. The van der Waals surface area contributed by atoms with Crippen molar-refractivity contribution in [3.05, 3.63) is 35.1 Å². The molecule has 1 saturated heterocycles. The number of halogens is 1. The Hall–Kier alpha value is -1.90. The van der Waals surface area contributed by atoms with E-state index in [1.54, 1.807) is 0 Å². The van der Waals surface area contributed by atoms with Crippen LogP contribution in [0.5, 0.6) is 0 Å². The number of benzene rings is 1. The van der Waals surface area contributed by atoms with Crippen LogP contribution >= 0.6 is 15.9 Å². The molecule has 0 aliphatic carbocycles. The predicted octanol–water partition coefficient (Wildman–Crippen LogP) is 2.70. The van der Waals surface area contributed by atoms with Crippen LogP contribution in [0.15, 0.2) is 35.1 Å². The van der Waals surface area contributed by atoms with Crippen LogP contribution in [0.2, 0.25) is 0 Å². The van der Waals surface area contributed by atoms with Crippen LogP contribution in [-0.4, -0.2) is 54.3 Å². The SMILES string of the molecule is Nc1c(NCCCN2CCOCC2)ncnc1Nc1ccccc1Br.